The molecule has 94 valence electrons. The van der Waals surface area contributed by atoms with Gasteiger partial charge in [-0.05, 0) is 33.6 Å². The fourth-order valence-electron chi connectivity index (χ4n) is 1.52. The predicted molar refractivity (Wildman–Crippen MR) is 73.3 cm³/mol. The molecule has 0 radical (unpaired) electrons. The lowest BCUT2D eigenvalue weighted by Gasteiger charge is -2.05. The van der Waals surface area contributed by atoms with E-state index >= 15 is 0 Å². The van der Waals surface area contributed by atoms with Gasteiger partial charge in [0.25, 0.3) is 0 Å². The van der Waals surface area contributed by atoms with Crippen LogP contribution in [0.1, 0.15) is 11.3 Å². The van der Waals surface area contributed by atoms with Gasteiger partial charge in [-0.15, -0.1) is 0 Å². The molecule has 0 bridgehead atoms. The molecule has 0 fully saturated rings. The fraction of sp³-hybridized carbons (Fsp3) is 0.231. The van der Waals surface area contributed by atoms with Crippen molar-refractivity contribution in [2.75, 3.05) is 7.11 Å². The fourth-order valence-corrected chi connectivity index (χ4v) is 1.90. The molecule has 0 amide bonds. The number of hydrogen-bond donors (Lipinski definition) is 1. The molecule has 18 heavy (non-hydrogen) atoms. The van der Waals surface area contributed by atoms with Crippen LogP contribution >= 0.6 is 15.9 Å². The van der Waals surface area contributed by atoms with Gasteiger partial charge in [-0.1, -0.05) is 12.1 Å². The minimum atomic E-state index is 0.632. The third-order valence-corrected chi connectivity index (χ3v) is 2.86. The Morgan fingerprint density at radius 1 is 1.22 bits per heavy atom. The molecule has 0 unspecified atom stereocenters. The molecule has 5 heteroatoms. The molecule has 0 spiro atoms. The van der Waals surface area contributed by atoms with E-state index in [9.17, 15) is 0 Å². The zero-order chi connectivity index (χ0) is 12.8. The molecule has 0 atom stereocenters. The summed E-state index contributed by atoms with van der Waals surface area (Å²) >= 11 is 3.35. The maximum atomic E-state index is 5.01. The third kappa shape index (κ3) is 3.78. The average Bonchev–Trinajstić information content (AvgIpc) is 2.40. The molecule has 2 heterocycles. The predicted octanol–water partition coefficient (Wildman–Crippen LogP) is 2.54. The van der Waals surface area contributed by atoms with Crippen LogP contribution in [-0.2, 0) is 13.1 Å². The summed E-state index contributed by atoms with van der Waals surface area (Å²) < 4.78 is 5.86. The Bertz CT molecular complexity index is 502. The van der Waals surface area contributed by atoms with Crippen LogP contribution in [-0.4, -0.2) is 17.1 Å². The van der Waals surface area contributed by atoms with Crippen molar-refractivity contribution in [3.63, 3.8) is 0 Å². The van der Waals surface area contributed by atoms with Gasteiger partial charge in [0, 0.05) is 25.4 Å². The Labute approximate surface area is 115 Å². The van der Waals surface area contributed by atoms with Crippen molar-refractivity contribution in [1.29, 1.82) is 0 Å². The molecule has 2 aromatic heterocycles. The molecule has 1 N–H and O–H groups in total. The Balaban J connectivity index is 1.84. The van der Waals surface area contributed by atoms with Crippen molar-refractivity contribution in [1.82, 2.24) is 15.3 Å². The van der Waals surface area contributed by atoms with E-state index in [1.165, 1.54) is 0 Å². The van der Waals surface area contributed by atoms with Crippen LogP contribution < -0.4 is 10.1 Å². The van der Waals surface area contributed by atoms with Crippen molar-refractivity contribution in [2.24, 2.45) is 0 Å². The van der Waals surface area contributed by atoms with Crippen LogP contribution in [0.3, 0.4) is 0 Å². The molecule has 0 aromatic carbocycles. The normalized spacial score (nSPS) is 10.3. The van der Waals surface area contributed by atoms with Gasteiger partial charge in [0.15, 0.2) is 0 Å². The van der Waals surface area contributed by atoms with Crippen molar-refractivity contribution in [2.45, 2.75) is 13.1 Å². The lowest BCUT2D eigenvalue weighted by atomic mass is 10.3. The smallest absolute Gasteiger partial charge is 0.212 e. The van der Waals surface area contributed by atoms with Gasteiger partial charge in [0.05, 0.1) is 12.8 Å². The zero-order valence-corrected chi connectivity index (χ0v) is 11.6. The summed E-state index contributed by atoms with van der Waals surface area (Å²) in [6.45, 7) is 1.48. The summed E-state index contributed by atoms with van der Waals surface area (Å²) in [4.78, 5) is 8.50. The Kier molecular flexibility index (Phi) is 4.66. The Hall–Kier alpha value is -1.46. The van der Waals surface area contributed by atoms with E-state index in [-0.39, 0.29) is 0 Å². The molecular weight excluding hydrogens is 294 g/mol. The van der Waals surface area contributed by atoms with Gasteiger partial charge in [0.2, 0.25) is 5.88 Å². The van der Waals surface area contributed by atoms with E-state index in [4.69, 9.17) is 4.74 Å². The molecule has 0 aliphatic carbocycles. The van der Waals surface area contributed by atoms with Crippen LogP contribution in [0, 0.1) is 0 Å². The van der Waals surface area contributed by atoms with Crippen molar-refractivity contribution < 1.29 is 4.74 Å². The topological polar surface area (TPSA) is 47.0 Å². The van der Waals surface area contributed by atoms with E-state index in [1.54, 1.807) is 13.3 Å². The Morgan fingerprint density at radius 2 is 2.11 bits per heavy atom. The number of nitrogens with one attached hydrogen (secondary N) is 1. The minimum absolute atomic E-state index is 0.632. The van der Waals surface area contributed by atoms with Gasteiger partial charge < -0.3 is 10.1 Å². The van der Waals surface area contributed by atoms with Crippen LogP contribution in [0.4, 0.5) is 0 Å². The van der Waals surface area contributed by atoms with Crippen molar-refractivity contribution in [3.8, 4) is 5.88 Å². The molecular formula is C13H14BrN3O. The molecule has 4 nitrogen and oxygen atoms in total. The van der Waals surface area contributed by atoms with Gasteiger partial charge >= 0.3 is 0 Å². The summed E-state index contributed by atoms with van der Waals surface area (Å²) in [6.07, 6.45) is 1.81. The first kappa shape index (κ1) is 13.0. The molecule has 2 aromatic rings. The lowest BCUT2D eigenvalue weighted by molar-refractivity contribution is 0.397. The van der Waals surface area contributed by atoms with E-state index < -0.39 is 0 Å². The summed E-state index contributed by atoms with van der Waals surface area (Å²) in [7, 11) is 1.61. The van der Waals surface area contributed by atoms with Crippen molar-refractivity contribution in [3.05, 3.63) is 52.4 Å². The first-order chi connectivity index (χ1) is 8.78. The van der Waals surface area contributed by atoms with E-state index in [2.05, 4.69) is 31.2 Å². The first-order valence-corrected chi connectivity index (χ1v) is 6.38. The number of aromatic nitrogens is 2. The van der Waals surface area contributed by atoms with E-state index in [0.29, 0.717) is 5.88 Å². The minimum Gasteiger partial charge on any atom is -0.481 e. The van der Waals surface area contributed by atoms with Crippen LogP contribution in [0.5, 0.6) is 5.88 Å². The summed E-state index contributed by atoms with van der Waals surface area (Å²) in [5.74, 6) is 0.632. The lowest BCUT2D eigenvalue weighted by Crippen LogP contribution is -2.13. The maximum Gasteiger partial charge on any atom is 0.212 e. The van der Waals surface area contributed by atoms with Gasteiger partial charge in [-0.25, -0.2) is 9.97 Å². The van der Waals surface area contributed by atoms with Crippen molar-refractivity contribution >= 4 is 15.9 Å². The number of nitrogens with zero attached hydrogens (tertiary/aromatic N) is 2. The van der Waals surface area contributed by atoms with Gasteiger partial charge in [-0.3, -0.25) is 0 Å². The Morgan fingerprint density at radius 3 is 2.78 bits per heavy atom. The first-order valence-electron chi connectivity index (χ1n) is 5.59. The molecule has 0 aliphatic heterocycles. The maximum absolute atomic E-state index is 5.01. The highest BCUT2D eigenvalue weighted by Gasteiger charge is 1.98. The highest BCUT2D eigenvalue weighted by atomic mass is 79.9. The third-order valence-electron chi connectivity index (χ3n) is 2.41. The van der Waals surface area contributed by atoms with Gasteiger partial charge in [-0.2, -0.15) is 0 Å². The molecule has 2 rings (SSSR count). The highest BCUT2D eigenvalue weighted by Crippen LogP contribution is 2.08. The average molecular weight is 308 g/mol. The number of methoxy groups -OCH3 is 1. The SMILES string of the molecule is COc1ccc(CNCc2cccc(Br)n2)cn1. The number of hydrogen-bond acceptors (Lipinski definition) is 4. The number of halogens is 1. The number of pyridine rings is 2. The van der Waals surface area contributed by atoms with E-state index in [0.717, 1.165) is 29.0 Å². The van der Waals surface area contributed by atoms with Gasteiger partial charge in [0.1, 0.15) is 4.60 Å². The standard InChI is InChI=1S/C13H14BrN3O/c1-18-13-6-5-10(8-16-13)7-15-9-11-3-2-4-12(14)17-11/h2-6,8,15H,7,9H2,1H3. The highest BCUT2D eigenvalue weighted by molar-refractivity contribution is 9.10. The summed E-state index contributed by atoms with van der Waals surface area (Å²) in [5.41, 5.74) is 2.12. The second-order valence-electron chi connectivity index (χ2n) is 3.76. The van der Waals surface area contributed by atoms with Crippen LogP contribution in [0.15, 0.2) is 41.1 Å². The van der Waals surface area contributed by atoms with Crippen LogP contribution in [0.25, 0.3) is 0 Å². The number of ether oxygens (including phenoxy) is 1. The molecule has 0 saturated carbocycles. The second-order valence-corrected chi connectivity index (χ2v) is 4.58. The van der Waals surface area contributed by atoms with Crippen LogP contribution in [0.2, 0.25) is 0 Å². The molecule has 0 aliphatic rings. The summed E-state index contributed by atoms with van der Waals surface area (Å²) in [5, 5.41) is 3.32. The number of rotatable bonds is 5. The zero-order valence-electron chi connectivity index (χ0n) is 10.1. The monoisotopic (exact) mass is 307 g/mol. The van der Waals surface area contributed by atoms with E-state index in [1.807, 2.05) is 30.3 Å². The second kappa shape index (κ2) is 6.47. The largest absolute Gasteiger partial charge is 0.481 e. The quantitative estimate of drug-likeness (QED) is 0.862. The summed E-state index contributed by atoms with van der Waals surface area (Å²) in [6, 6.07) is 9.73. The molecule has 0 saturated heterocycles.